The molecule has 0 unspecified atom stereocenters. The van der Waals surface area contributed by atoms with Gasteiger partial charge in [-0.25, -0.2) is 4.68 Å². The number of amides is 1. The molecule has 1 aliphatic rings. The van der Waals surface area contributed by atoms with Gasteiger partial charge in [0, 0.05) is 54.1 Å². The molecule has 12 heteroatoms. The van der Waals surface area contributed by atoms with Crippen LogP contribution in [0.2, 0.25) is 0 Å². The molecule has 0 bridgehead atoms. The van der Waals surface area contributed by atoms with Crippen LogP contribution in [0.25, 0.3) is 33.3 Å². The van der Waals surface area contributed by atoms with Crippen molar-refractivity contribution < 1.29 is 18.0 Å². The van der Waals surface area contributed by atoms with Crippen molar-refractivity contribution in [1.82, 2.24) is 35.2 Å². The van der Waals surface area contributed by atoms with Crippen LogP contribution < -0.4 is 16.2 Å². The second-order valence-corrected chi connectivity index (χ2v) is 10.8. The van der Waals surface area contributed by atoms with Crippen molar-refractivity contribution in [2.24, 2.45) is 0 Å². The number of carbonyl (C=O) groups is 1. The van der Waals surface area contributed by atoms with Crippen LogP contribution in [0.3, 0.4) is 0 Å². The van der Waals surface area contributed by atoms with E-state index in [1.165, 1.54) is 29.9 Å². The molecule has 0 radical (unpaired) electrons. The fourth-order valence-corrected chi connectivity index (χ4v) is 5.52. The van der Waals surface area contributed by atoms with E-state index in [1.54, 1.807) is 0 Å². The fraction of sp³-hybridized carbons (Fsp3) is 0.281. The van der Waals surface area contributed by atoms with Gasteiger partial charge in [0.1, 0.15) is 0 Å². The highest BCUT2D eigenvalue weighted by atomic mass is 19.4. The maximum absolute atomic E-state index is 13.7. The third kappa shape index (κ3) is 6.11. The lowest BCUT2D eigenvalue weighted by molar-refractivity contribution is -0.137. The molecule has 1 aliphatic heterocycles. The van der Waals surface area contributed by atoms with Crippen molar-refractivity contribution in [3.05, 3.63) is 100 Å². The molecule has 44 heavy (non-hydrogen) atoms. The highest BCUT2D eigenvalue weighted by Crippen LogP contribution is 2.34. The molecule has 6 rings (SSSR count). The number of nitrogens with zero attached hydrogens (tertiary/aromatic N) is 5. The highest BCUT2D eigenvalue weighted by molar-refractivity contribution is 5.96. The van der Waals surface area contributed by atoms with E-state index in [4.69, 9.17) is 0 Å². The number of piperidine rings is 1. The number of aryl methyl sites for hydroxylation is 2. The Kier molecular flexibility index (Phi) is 8.00. The Morgan fingerprint density at radius 2 is 1.82 bits per heavy atom. The molecule has 9 nitrogen and oxygen atoms in total. The summed E-state index contributed by atoms with van der Waals surface area (Å²) in [5.74, 6) is -0.841. The van der Waals surface area contributed by atoms with Gasteiger partial charge < -0.3 is 10.6 Å². The maximum Gasteiger partial charge on any atom is 0.417 e. The van der Waals surface area contributed by atoms with Gasteiger partial charge in [0.15, 0.2) is 0 Å². The second-order valence-electron chi connectivity index (χ2n) is 10.8. The zero-order valence-corrected chi connectivity index (χ0v) is 23.9. The van der Waals surface area contributed by atoms with Crippen molar-refractivity contribution >= 4 is 16.8 Å². The lowest BCUT2D eigenvalue weighted by Crippen LogP contribution is -2.29. The van der Waals surface area contributed by atoms with Crippen LogP contribution in [-0.4, -0.2) is 50.6 Å². The summed E-state index contributed by atoms with van der Waals surface area (Å²) in [5, 5.41) is 15.5. The van der Waals surface area contributed by atoms with Crippen LogP contribution in [0.15, 0.2) is 78.0 Å². The minimum absolute atomic E-state index is 0.145. The smallest absolute Gasteiger partial charge is 0.355 e. The summed E-state index contributed by atoms with van der Waals surface area (Å²) >= 11 is 0. The van der Waals surface area contributed by atoms with Crippen LogP contribution >= 0.6 is 0 Å². The number of hydrogen-bond donors (Lipinski definition) is 2. The number of hydrogen-bond acceptors (Lipinski definition) is 6. The molecule has 1 fully saturated rings. The first kappa shape index (κ1) is 29.2. The van der Waals surface area contributed by atoms with E-state index >= 15 is 0 Å². The number of rotatable bonds is 7. The van der Waals surface area contributed by atoms with Gasteiger partial charge in [-0.3, -0.25) is 19.3 Å². The first-order valence-electron chi connectivity index (χ1n) is 14.4. The molecule has 2 N–H and O–H groups in total. The van der Waals surface area contributed by atoms with E-state index in [0.717, 1.165) is 65.7 Å². The number of nitrogens with one attached hydrogen (secondary N) is 2. The molecular formula is C32H30F3N7O2. The summed E-state index contributed by atoms with van der Waals surface area (Å²) in [5.41, 5.74) is 2.15. The van der Waals surface area contributed by atoms with Gasteiger partial charge in [0.05, 0.1) is 34.6 Å². The molecule has 0 saturated carbocycles. The summed E-state index contributed by atoms with van der Waals surface area (Å²) in [6.07, 6.45) is 3.57. The van der Waals surface area contributed by atoms with E-state index in [2.05, 4.69) is 38.1 Å². The molecular weight excluding hydrogens is 571 g/mol. The van der Waals surface area contributed by atoms with Gasteiger partial charge in [-0.15, -0.1) is 0 Å². The number of alkyl halides is 3. The van der Waals surface area contributed by atoms with E-state index < -0.39 is 23.2 Å². The molecule has 5 aromatic rings. The zero-order chi connectivity index (χ0) is 30.8. The van der Waals surface area contributed by atoms with Crippen molar-refractivity contribution in [3.63, 3.8) is 0 Å². The Balaban J connectivity index is 1.22. The number of halogens is 3. The largest absolute Gasteiger partial charge is 0.417 e. The Hall–Kier alpha value is -4.84. The molecule has 1 saturated heterocycles. The summed E-state index contributed by atoms with van der Waals surface area (Å²) in [4.78, 5) is 29.2. The molecule has 0 aliphatic carbocycles. The third-order valence-corrected chi connectivity index (χ3v) is 7.93. The number of aromatic nitrogens is 5. The van der Waals surface area contributed by atoms with Gasteiger partial charge in [-0.2, -0.15) is 23.4 Å². The molecule has 4 heterocycles. The van der Waals surface area contributed by atoms with E-state index in [0.29, 0.717) is 12.5 Å². The topological polar surface area (TPSA) is 107 Å². The van der Waals surface area contributed by atoms with E-state index in [9.17, 15) is 22.8 Å². The first-order chi connectivity index (χ1) is 21.2. The first-order valence-corrected chi connectivity index (χ1v) is 14.4. The monoisotopic (exact) mass is 601 g/mol. The molecule has 3 aromatic heterocycles. The maximum atomic E-state index is 13.7. The highest BCUT2D eigenvalue weighted by Gasteiger charge is 2.35. The fourth-order valence-electron chi connectivity index (χ4n) is 5.52. The number of carbonyl (C=O) groups excluding carboxylic acids is 1. The lowest BCUT2D eigenvalue weighted by Gasteiger charge is -2.22. The average molecular weight is 602 g/mol. The zero-order valence-electron chi connectivity index (χ0n) is 23.9. The number of benzene rings is 2. The third-order valence-electron chi connectivity index (χ3n) is 7.93. The van der Waals surface area contributed by atoms with Crippen molar-refractivity contribution in [2.45, 2.75) is 38.0 Å². The quantitative estimate of drug-likeness (QED) is 0.276. The SMILES string of the molecule is CNC(=O)c1ccc(-c2ccc(=O)n(CCc3ccc4ncc(-c5cnn(C6CCNCC6)c5)cc4c3)n2)cc1C(F)(F)F. The van der Waals surface area contributed by atoms with Crippen LogP contribution in [0, 0.1) is 0 Å². The normalized spacial score (nSPS) is 14.2. The van der Waals surface area contributed by atoms with Crippen molar-refractivity contribution in [2.75, 3.05) is 20.1 Å². The van der Waals surface area contributed by atoms with Gasteiger partial charge in [-0.05, 0) is 74.3 Å². The summed E-state index contributed by atoms with van der Waals surface area (Å²) in [7, 11) is 1.27. The van der Waals surface area contributed by atoms with Crippen LogP contribution in [0.4, 0.5) is 13.2 Å². The molecule has 2 aromatic carbocycles. The number of fused-ring (bicyclic) bond motifs is 1. The summed E-state index contributed by atoms with van der Waals surface area (Å²) in [6, 6.07) is 14.4. The van der Waals surface area contributed by atoms with E-state index in [-0.39, 0.29) is 23.4 Å². The Labute approximate surface area is 250 Å². The van der Waals surface area contributed by atoms with Crippen LogP contribution in [0.1, 0.15) is 40.4 Å². The Morgan fingerprint density at radius 1 is 1.00 bits per heavy atom. The minimum Gasteiger partial charge on any atom is -0.355 e. The van der Waals surface area contributed by atoms with Crippen LogP contribution in [0.5, 0.6) is 0 Å². The average Bonchev–Trinajstić information content (AvgIpc) is 3.54. The molecule has 226 valence electrons. The summed E-state index contributed by atoms with van der Waals surface area (Å²) < 4.78 is 44.5. The van der Waals surface area contributed by atoms with Crippen molar-refractivity contribution in [3.8, 4) is 22.4 Å². The predicted molar refractivity (Wildman–Crippen MR) is 160 cm³/mol. The summed E-state index contributed by atoms with van der Waals surface area (Å²) in [6.45, 7) is 2.19. The van der Waals surface area contributed by atoms with E-state index in [1.807, 2.05) is 35.3 Å². The standard InChI is InChI=1S/C32H30F3N7O2/c1-36-31(44)26-4-3-21(16-27(26)32(33,34)35)29-6-7-30(43)41(40-29)13-10-20-2-5-28-22(14-20)15-23(17-38-28)24-18-39-42(19-24)25-8-11-37-12-9-25/h2-7,14-19,25,37H,8-13H2,1H3,(H,36,44). The predicted octanol–water partition coefficient (Wildman–Crippen LogP) is 4.87. The Bertz CT molecular complexity index is 1890. The van der Waals surface area contributed by atoms with Gasteiger partial charge in [-0.1, -0.05) is 12.1 Å². The van der Waals surface area contributed by atoms with Gasteiger partial charge >= 0.3 is 6.18 Å². The number of pyridine rings is 1. The Morgan fingerprint density at radius 3 is 2.59 bits per heavy atom. The molecule has 0 atom stereocenters. The minimum atomic E-state index is -4.75. The lowest BCUT2D eigenvalue weighted by atomic mass is 10.0. The van der Waals surface area contributed by atoms with Gasteiger partial charge in [0.2, 0.25) is 0 Å². The van der Waals surface area contributed by atoms with Crippen molar-refractivity contribution in [1.29, 1.82) is 0 Å². The second kappa shape index (κ2) is 12.0. The molecule has 1 amide bonds. The van der Waals surface area contributed by atoms with Gasteiger partial charge in [0.25, 0.3) is 11.5 Å². The molecule has 0 spiro atoms. The van der Waals surface area contributed by atoms with Crippen LogP contribution in [-0.2, 0) is 19.1 Å².